The van der Waals surface area contributed by atoms with Gasteiger partial charge in [0.1, 0.15) is 17.3 Å². The lowest BCUT2D eigenvalue weighted by Crippen LogP contribution is -2.36. The molecule has 0 aliphatic heterocycles. The van der Waals surface area contributed by atoms with Gasteiger partial charge in [-0.2, -0.15) is 0 Å². The number of carbonyl (C=O) groups is 3. The quantitative estimate of drug-likeness (QED) is 0.765. The summed E-state index contributed by atoms with van der Waals surface area (Å²) in [6.45, 7) is 0. The molecule has 1 aliphatic carbocycles. The number of alkyl halides is 1. The number of halogens is 1. The van der Waals surface area contributed by atoms with E-state index in [0.29, 0.717) is 0 Å². The first-order valence-corrected chi connectivity index (χ1v) is 5.63. The van der Waals surface area contributed by atoms with E-state index in [4.69, 9.17) is 17.3 Å². The Bertz CT molecular complexity index is 593. The molecule has 0 atom stereocenters. The van der Waals surface area contributed by atoms with E-state index >= 15 is 0 Å². The van der Waals surface area contributed by atoms with Gasteiger partial charge in [-0.15, -0.1) is 11.6 Å². The Morgan fingerprint density at radius 2 is 1.72 bits per heavy atom. The summed E-state index contributed by atoms with van der Waals surface area (Å²) in [5, 5.41) is 2.25. The fourth-order valence-corrected chi connectivity index (χ4v) is 1.76. The van der Waals surface area contributed by atoms with Gasteiger partial charge in [-0.25, -0.2) is 0 Å². The number of benzene rings is 1. The van der Waals surface area contributed by atoms with Gasteiger partial charge in [-0.1, -0.05) is 24.3 Å². The molecule has 0 heterocycles. The van der Waals surface area contributed by atoms with Gasteiger partial charge in [-0.05, 0) is 0 Å². The van der Waals surface area contributed by atoms with Crippen LogP contribution in [0.25, 0.3) is 0 Å². The predicted octanol–water partition coefficient (Wildman–Crippen LogP) is 0.591. The second-order valence-corrected chi connectivity index (χ2v) is 3.94. The zero-order valence-corrected chi connectivity index (χ0v) is 9.95. The summed E-state index contributed by atoms with van der Waals surface area (Å²) in [6.07, 6.45) is 0. The molecule has 0 spiro atoms. The molecule has 6 heteroatoms. The zero-order valence-electron chi connectivity index (χ0n) is 9.20. The molecular weight excluding hydrogens is 256 g/mol. The van der Waals surface area contributed by atoms with Crippen LogP contribution in [0.3, 0.4) is 0 Å². The fourth-order valence-electron chi connectivity index (χ4n) is 1.69. The summed E-state index contributed by atoms with van der Waals surface area (Å²) in [5.41, 5.74) is 5.57. The van der Waals surface area contributed by atoms with Crippen LogP contribution in [0.5, 0.6) is 0 Å². The Morgan fingerprint density at radius 3 is 2.28 bits per heavy atom. The monoisotopic (exact) mass is 264 g/mol. The Hall–Kier alpha value is -2.14. The number of fused-ring (bicyclic) bond motifs is 1. The van der Waals surface area contributed by atoms with E-state index in [2.05, 4.69) is 5.32 Å². The molecule has 0 radical (unpaired) electrons. The van der Waals surface area contributed by atoms with Crippen molar-refractivity contribution in [3.63, 3.8) is 0 Å². The van der Waals surface area contributed by atoms with Crippen molar-refractivity contribution in [1.29, 1.82) is 0 Å². The number of nitrogens with one attached hydrogen (secondary N) is 1. The number of rotatable bonds is 2. The number of amides is 1. The van der Waals surface area contributed by atoms with Crippen molar-refractivity contribution < 1.29 is 14.4 Å². The summed E-state index contributed by atoms with van der Waals surface area (Å²) >= 11 is 5.33. The highest BCUT2D eigenvalue weighted by molar-refractivity contribution is 6.30. The molecule has 0 aromatic heterocycles. The molecule has 0 saturated carbocycles. The lowest BCUT2D eigenvalue weighted by atomic mass is 9.90. The fraction of sp³-hybridized carbons (Fsp3) is 0.0833. The molecule has 2 rings (SSSR count). The van der Waals surface area contributed by atoms with E-state index in [9.17, 15) is 14.4 Å². The molecular formula is C12H9ClN2O3. The van der Waals surface area contributed by atoms with Crippen LogP contribution in [-0.4, -0.2) is 23.4 Å². The Balaban J connectivity index is 2.50. The van der Waals surface area contributed by atoms with Crippen molar-refractivity contribution in [1.82, 2.24) is 5.32 Å². The largest absolute Gasteiger partial charge is 0.394 e. The lowest BCUT2D eigenvalue weighted by Gasteiger charge is -2.18. The maximum Gasteiger partial charge on any atom is 0.239 e. The van der Waals surface area contributed by atoms with E-state index < -0.39 is 17.5 Å². The standard InChI is InChI=1S/C12H9ClN2O3/c13-5-8(16)15-10-9(14)11(17)6-3-1-2-4-7(6)12(10)18/h1-4H,5,14H2,(H,15,16). The second-order valence-electron chi connectivity index (χ2n) is 3.67. The number of hydrogen-bond donors (Lipinski definition) is 2. The Labute approximate surface area is 108 Å². The molecule has 5 nitrogen and oxygen atoms in total. The highest BCUT2D eigenvalue weighted by Gasteiger charge is 2.31. The minimum absolute atomic E-state index is 0.204. The molecule has 0 bridgehead atoms. The normalized spacial score (nSPS) is 14.5. The van der Waals surface area contributed by atoms with Crippen molar-refractivity contribution in [2.24, 2.45) is 5.73 Å². The van der Waals surface area contributed by atoms with Crippen LogP contribution in [0, 0.1) is 0 Å². The number of hydrogen-bond acceptors (Lipinski definition) is 4. The summed E-state index contributed by atoms with van der Waals surface area (Å²) in [4.78, 5) is 35.2. The molecule has 0 saturated heterocycles. The van der Waals surface area contributed by atoms with E-state index in [0.717, 1.165) is 0 Å². The Morgan fingerprint density at radius 1 is 1.17 bits per heavy atom. The van der Waals surface area contributed by atoms with Gasteiger partial charge in [0.05, 0.1) is 0 Å². The lowest BCUT2D eigenvalue weighted by molar-refractivity contribution is -0.117. The molecule has 3 N–H and O–H groups in total. The van der Waals surface area contributed by atoms with Crippen LogP contribution >= 0.6 is 11.6 Å². The van der Waals surface area contributed by atoms with Crippen molar-refractivity contribution in [2.45, 2.75) is 0 Å². The highest BCUT2D eigenvalue weighted by Crippen LogP contribution is 2.22. The van der Waals surface area contributed by atoms with Crippen molar-refractivity contribution in [3.05, 3.63) is 46.8 Å². The van der Waals surface area contributed by atoms with Crippen LogP contribution in [0.4, 0.5) is 0 Å². The zero-order chi connectivity index (χ0) is 13.3. The smallest absolute Gasteiger partial charge is 0.239 e. The van der Waals surface area contributed by atoms with Crippen LogP contribution in [-0.2, 0) is 4.79 Å². The third-order valence-electron chi connectivity index (χ3n) is 2.54. The topological polar surface area (TPSA) is 89.3 Å². The number of ketones is 2. The van der Waals surface area contributed by atoms with Gasteiger partial charge in [0.2, 0.25) is 17.5 Å². The van der Waals surface area contributed by atoms with Crippen LogP contribution in [0.15, 0.2) is 35.7 Å². The Kier molecular flexibility index (Phi) is 3.16. The molecule has 1 amide bonds. The molecule has 92 valence electrons. The average molecular weight is 265 g/mol. The maximum atomic E-state index is 12.1. The number of nitrogens with two attached hydrogens (primary N) is 1. The predicted molar refractivity (Wildman–Crippen MR) is 65.2 cm³/mol. The van der Waals surface area contributed by atoms with Gasteiger partial charge < -0.3 is 11.1 Å². The first-order chi connectivity index (χ1) is 8.56. The van der Waals surface area contributed by atoms with E-state index in [-0.39, 0.29) is 28.4 Å². The first-order valence-electron chi connectivity index (χ1n) is 5.10. The van der Waals surface area contributed by atoms with Crippen molar-refractivity contribution >= 4 is 29.1 Å². The van der Waals surface area contributed by atoms with Crippen LogP contribution in [0.2, 0.25) is 0 Å². The highest BCUT2D eigenvalue weighted by atomic mass is 35.5. The second kappa shape index (κ2) is 4.62. The maximum absolute atomic E-state index is 12.1. The molecule has 18 heavy (non-hydrogen) atoms. The molecule has 0 unspecified atom stereocenters. The van der Waals surface area contributed by atoms with E-state index in [1.807, 2.05) is 0 Å². The third kappa shape index (κ3) is 1.89. The van der Waals surface area contributed by atoms with Crippen LogP contribution < -0.4 is 11.1 Å². The molecule has 1 aliphatic rings. The molecule has 0 fully saturated rings. The van der Waals surface area contributed by atoms with Crippen LogP contribution in [0.1, 0.15) is 20.7 Å². The van der Waals surface area contributed by atoms with E-state index in [1.165, 1.54) is 12.1 Å². The summed E-state index contributed by atoms with van der Waals surface area (Å²) < 4.78 is 0. The molecule has 1 aromatic rings. The van der Waals surface area contributed by atoms with Gasteiger partial charge in [0.15, 0.2) is 0 Å². The third-order valence-corrected chi connectivity index (χ3v) is 2.79. The first kappa shape index (κ1) is 12.3. The van der Waals surface area contributed by atoms with Gasteiger partial charge in [-0.3, -0.25) is 14.4 Å². The van der Waals surface area contributed by atoms with E-state index in [1.54, 1.807) is 12.1 Å². The van der Waals surface area contributed by atoms with Gasteiger partial charge >= 0.3 is 0 Å². The number of allylic oxidation sites excluding steroid dienone is 2. The average Bonchev–Trinajstić information content (AvgIpc) is 2.40. The summed E-state index contributed by atoms with van der Waals surface area (Å²) in [6, 6.07) is 6.30. The number of carbonyl (C=O) groups excluding carboxylic acids is 3. The summed E-state index contributed by atoms with van der Waals surface area (Å²) in [7, 11) is 0. The minimum Gasteiger partial charge on any atom is -0.394 e. The number of Topliss-reactive ketones (excluding diaryl/α,β-unsaturated/α-hetero) is 2. The molecule has 1 aromatic carbocycles. The van der Waals surface area contributed by atoms with Crippen molar-refractivity contribution in [3.8, 4) is 0 Å². The minimum atomic E-state index is -0.588. The summed E-state index contributed by atoms with van der Waals surface area (Å²) in [5.74, 6) is -1.87. The van der Waals surface area contributed by atoms with Gasteiger partial charge in [0, 0.05) is 11.1 Å². The van der Waals surface area contributed by atoms with Gasteiger partial charge in [0.25, 0.3) is 0 Å². The van der Waals surface area contributed by atoms with Crippen molar-refractivity contribution in [2.75, 3.05) is 5.88 Å². The SMILES string of the molecule is NC1=C(NC(=O)CCl)C(=O)c2ccccc2C1=O.